The van der Waals surface area contributed by atoms with E-state index in [4.69, 9.17) is 10.00 Å². The highest BCUT2D eigenvalue weighted by Gasteiger charge is 2.15. The maximum atomic E-state index is 12.0. The van der Waals surface area contributed by atoms with Gasteiger partial charge in [0, 0.05) is 43.5 Å². The minimum Gasteiger partial charge on any atom is -0.444 e. The number of benzene rings is 1. The molecule has 10 nitrogen and oxygen atoms in total. The van der Waals surface area contributed by atoms with Gasteiger partial charge in [-0.25, -0.2) is 9.78 Å². The van der Waals surface area contributed by atoms with Gasteiger partial charge in [-0.1, -0.05) is 19.1 Å². The van der Waals surface area contributed by atoms with Crippen molar-refractivity contribution in [2.45, 2.75) is 46.1 Å². The van der Waals surface area contributed by atoms with Crippen LogP contribution in [0.3, 0.4) is 0 Å². The number of hydrogen-bond acceptors (Lipinski definition) is 8. The Kier molecular flexibility index (Phi) is 10.5. The van der Waals surface area contributed by atoms with Crippen LogP contribution in [0.4, 0.5) is 22.2 Å². The Bertz CT molecular complexity index is 1050. The molecule has 2 aromatic rings. The Morgan fingerprint density at radius 3 is 2.54 bits per heavy atom. The molecule has 0 spiro atoms. The van der Waals surface area contributed by atoms with Crippen molar-refractivity contribution in [1.82, 2.24) is 20.6 Å². The first-order valence-corrected chi connectivity index (χ1v) is 11.5. The number of nitrogens with zero attached hydrogens (tertiary/aromatic N) is 3. The Hall–Kier alpha value is -4.13. The fourth-order valence-corrected chi connectivity index (χ4v) is 2.75. The first-order chi connectivity index (χ1) is 16.7. The number of carbonyl (C=O) groups is 2. The van der Waals surface area contributed by atoms with Gasteiger partial charge in [-0.15, -0.1) is 0 Å². The molecule has 0 bridgehead atoms. The minimum atomic E-state index is -0.580. The van der Waals surface area contributed by atoms with Gasteiger partial charge in [0.15, 0.2) is 0 Å². The maximum Gasteiger partial charge on any atom is 0.407 e. The molecule has 0 saturated heterocycles. The van der Waals surface area contributed by atoms with Crippen molar-refractivity contribution < 1.29 is 14.3 Å². The lowest BCUT2D eigenvalue weighted by Gasteiger charge is -2.19. The normalized spacial score (nSPS) is 10.9. The number of anilines is 3. The number of nitriles is 1. The van der Waals surface area contributed by atoms with Crippen LogP contribution >= 0.6 is 0 Å². The summed E-state index contributed by atoms with van der Waals surface area (Å²) < 4.78 is 5.13. The number of rotatable bonds is 11. The lowest BCUT2D eigenvalue weighted by molar-refractivity contribution is -0.120. The molecular formula is C25H33N7O3. The van der Waals surface area contributed by atoms with E-state index in [1.54, 1.807) is 51.2 Å². The molecule has 0 unspecified atom stereocenters. The predicted octanol–water partition coefficient (Wildman–Crippen LogP) is 3.96. The first kappa shape index (κ1) is 27.1. The zero-order valence-corrected chi connectivity index (χ0v) is 20.6. The number of nitrogens with one attached hydrogen (secondary N) is 4. The molecule has 1 aromatic carbocycles. The van der Waals surface area contributed by atoms with Crippen LogP contribution in [0.1, 0.15) is 51.7 Å². The van der Waals surface area contributed by atoms with Crippen molar-refractivity contribution >= 4 is 35.5 Å². The highest BCUT2D eigenvalue weighted by molar-refractivity contribution is 5.77. The van der Waals surface area contributed by atoms with Gasteiger partial charge >= 0.3 is 6.09 Å². The molecule has 4 N–H and O–H groups in total. The molecule has 10 heteroatoms. The number of ether oxygens (including phenoxy) is 1. The molecule has 186 valence electrons. The Labute approximate surface area is 206 Å². The smallest absolute Gasteiger partial charge is 0.407 e. The standard InChI is InChI=1S/C25H33N7O3/c1-5-13-28-22-19(17-30-23(32-22)31-20-10-8-18(16-26)9-11-20)7-6-14-27-21(33)12-15-29-24(34)35-25(2,3)4/h6-11,17H,5,12-15H2,1-4H3,(H,27,33)(H,29,34)(H2,28,30,31,32)/b7-6-. The second-order valence-corrected chi connectivity index (χ2v) is 8.62. The lowest BCUT2D eigenvalue weighted by Crippen LogP contribution is -2.35. The third kappa shape index (κ3) is 10.6. The second-order valence-electron chi connectivity index (χ2n) is 8.62. The van der Waals surface area contributed by atoms with Crippen LogP contribution in [0.15, 0.2) is 36.5 Å². The van der Waals surface area contributed by atoms with Gasteiger partial charge in [0.1, 0.15) is 11.4 Å². The van der Waals surface area contributed by atoms with Crippen LogP contribution in [0.25, 0.3) is 6.08 Å². The van der Waals surface area contributed by atoms with Crippen LogP contribution < -0.4 is 21.3 Å². The van der Waals surface area contributed by atoms with Crippen molar-refractivity contribution in [2.75, 3.05) is 30.3 Å². The fraction of sp³-hybridized carbons (Fsp3) is 0.400. The molecule has 35 heavy (non-hydrogen) atoms. The molecule has 1 heterocycles. The molecule has 0 radical (unpaired) electrons. The molecule has 0 saturated carbocycles. The lowest BCUT2D eigenvalue weighted by atomic mass is 10.2. The molecular weight excluding hydrogens is 446 g/mol. The van der Waals surface area contributed by atoms with Crippen LogP contribution in [0, 0.1) is 11.3 Å². The van der Waals surface area contributed by atoms with Crippen molar-refractivity contribution in [1.29, 1.82) is 5.26 Å². The summed E-state index contributed by atoms with van der Waals surface area (Å²) >= 11 is 0. The average Bonchev–Trinajstić information content (AvgIpc) is 2.80. The zero-order chi connectivity index (χ0) is 25.7. The van der Waals surface area contributed by atoms with Gasteiger partial charge in [-0.05, 0) is 51.5 Å². The van der Waals surface area contributed by atoms with E-state index in [9.17, 15) is 9.59 Å². The van der Waals surface area contributed by atoms with Crippen LogP contribution in [0.5, 0.6) is 0 Å². The maximum absolute atomic E-state index is 12.0. The van der Waals surface area contributed by atoms with E-state index in [1.165, 1.54) is 0 Å². The summed E-state index contributed by atoms with van der Waals surface area (Å²) in [5, 5.41) is 20.7. The summed E-state index contributed by atoms with van der Waals surface area (Å²) in [5.41, 5.74) is 1.56. The van der Waals surface area contributed by atoms with E-state index >= 15 is 0 Å². The van der Waals surface area contributed by atoms with Gasteiger partial charge in [0.05, 0.1) is 11.6 Å². The van der Waals surface area contributed by atoms with Crippen molar-refractivity contribution in [3.8, 4) is 6.07 Å². The van der Waals surface area contributed by atoms with E-state index in [2.05, 4.69) is 44.2 Å². The van der Waals surface area contributed by atoms with E-state index in [0.29, 0.717) is 23.9 Å². The third-order valence-corrected chi connectivity index (χ3v) is 4.36. The van der Waals surface area contributed by atoms with Crippen molar-refractivity contribution in [3.05, 3.63) is 47.7 Å². The summed E-state index contributed by atoms with van der Waals surface area (Å²) in [7, 11) is 0. The van der Waals surface area contributed by atoms with Crippen LogP contribution in [-0.2, 0) is 9.53 Å². The second kappa shape index (κ2) is 13.5. The SMILES string of the molecule is CCCNc1nc(Nc2ccc(C#N)cc2)ncc1/C=C\CNC(=O)CCNC(=O)OC(C)(C)C. The summed E-state index contributed by atoms with van der Waals surface area (Å²) in [6.45, 7) is 8.65. The Morgan fingerprint density at radius 1 is 1.14 bits per heavy atom. The quantitative estimate of drug-likeness (QED) is 0.379. The van der Waals surface area contributed by atoms with E-state index < -0.39 is 11.7 Å². The molecule has 2 amide bonds. The molecule has 1 aromatic heterocycles. The number of alkyl carbamates (subject to hydrolysis) is 1. The monoisotopic (exact) mass is 479 g/mol. The van der Waals surface area contributed by atoms with E-state index in [-0.39, 0.29) is 18.9 Å². The minimum absolute atomic E-state index is 0.148. The average molecular weight is 480 g/mol. The van der Waals surface area contributed by atoms with E-state index in [1.807, 2.05) is 12.2 Å². The number of amides is 2. The van der Waals surface area contributed by atoms with Gasteiger partial charge in [-0.3, -0.25) is 4.79 Å². The molecule has 2 rings (SSSR count). The van der Waals surface area contributed by atoms with Crippen LogP contribution in [0.2, 0.25) is 0 Å². The van der Waals surface area contributed by atoms with Gasteiger partial charge in [0.2, 0.25) is 11.9 Å². The number of carbonyl (C=O) groups excluding carboxylic acids is 2. The van der Waals surface area contributed by atoms with Crippen molar-refractivity contribution in [2.24, 2.45) is 0 Å². The first-order valence-electron chi connectivity index (χ1n) is 11.5. The molecule has 0 aliphatic carbocycles. The Morgan fingerprint density at radius 2 is 1.89 bits per heavy atom. The predicted molar refractivity (Wildman–Crippen MR) is 136 cm³/mol. The molecule has 0 aliphatic rings. The summed E-state index contributed by atoms with van der Waals surface area (Å²) in [4.78, 5) is 32.5. The van der Waals surface area contributed by atoms with Gasteiger partial charge in [0.25, 0.3) is 0 Å². The Balaban J connectivity index is 1.88. The summed E-state index contributed by atoms with van der Waals surface area (Å²) in [6, 6.07) is 9.11. The fourth-order valence-electron chi connectivity index (χ4n) is 2.75. The summed E-state index contributed by atoms with van der Waals surface area (Å²) in [5.74, 6) is 0.909. The zero-order valence-electron chi connectivity index (χ0n) is 20.6. The molecule has 0 fully saturated rings. The third-order valence-electron chi connectivity index (χ3n) is 4.36. The van der Waals surface area contributed by atoms with E-state index in [0.717, 1.165) is 24.2 Å². The summed E-state index contributed by atoms with van der Waals surface area (Å²) in [6.07, 6.45) is 5.87. The molecule has 0 aliphatic heterocycles. The number of hydrogen-bond donors (Lipinski definition) is 4. The van der Waals surface area contributed by atoms with Crippen LogP contribution in [-0.4, -0.2) is 47.2 Å². The highest BCUT2D eigenvalue weighted by Crippen LogP contribution is 2.19. The van der Waals surface area contributed by atoms with Gasteiger partial charge < -0.3 is 26.0 Å². The largest absolute Gasteiger partial charge is 0.444 e. The van der Waals surface area contributed by atoms with Crippen molar-refractivity contribution in [3.63, 3.8) is 0 Å². The molecule has 0 atom stereocenters. The van der Waals surface area contributed by atoms with Gasteiger partial charge in [-0.2, -0.15) is 10.2 Å². The number of aromatic nitrogens is 2. The topological polar surface area (TPSA) is 141 Å². The highest BCUT2D eigenvalue weighted by atomic mass is 16.6.